The predicted molar refractivity (Wildman–Crippen MR) is 74.6 cm³/mol. The Morgan fingerprint density at radius 3 is 2.75 bits per heavy atom. The molecule has 0 atom stereocenters. The topological polar surface area (TPSA) is 91.6 Å². The van der Waals surface area contributed by atoms with Crippen LogP contribution in [0.15, 0.2) is 45.9 Å². The monoisotopic (exact) mass is 296 g/mol. The first-order valence-corrected chi connectivity index (χ1v) is 7.49. The number of rotatable bonds is 6. The van der Waals surface area contributed by atoms with E-state index in [1.54, 1.807) is 6.07 Å². The molecule has 0 radical (unpaired) electrons. The van der Waals surface area contributed by atoms with Crippen LogP contribution in [0.5, 0.6) is 0 Å². The lowest BCUT2D eigenvalue weighted by atomic mass is 10.2. The smallest absolute Gasteiger partial charge is 0.273 e. The number of hydrogen-bond donors (Lipinski definition) is 3. The average molecular weight is 296 g/mol. The van der Waals surface area contributed by atoms with Crippen LogP contribution in [-0.4, -0.2) is 20.6 Å². The van der Waals surface area contributed by atoms with Gasteiger partial charge < -0.3 is 14.8 Å². The first kappa shape index (κ1) is 14.6. The highest BCUT2D eigenvalue weighted by Gasteiger charge is 2.16. The van der Waals surface area contributed by atoms with Gasteiger partial charge in [0, 0.05) is 5.69 Å². The first-order valence-electron chi connectivity index (χ1n) is 6.01. The Balaban J connectivity index is 2.04. The van der Waals surface area contributed by atoms with Gasteiger partial charge in [-0.2, -0.15) is 0 Å². The first-order chi connectivity index (χ1) is 9.55. The number of aliphatic hydroxyl groups excluding tert-OH is 1. The Hall–Kier alpha value is -1.83. The summed E-state index contributed by atoms with van der Waals surface area (Å²) >= 11 is 0. The van der Waals surface area contributed by atoms with Crippen LogP contribution in [0.25, 0.3) is 0 Å². The molecule has 0 bridgehead atoms. The molecule has 3 N–H and O–H groups in total. The van der Waals surface area contributed by atoms with Crippen molar-refractivity contribution in [3.8, 4) is 0 Å². The van der Waals surface area contributed by atoms with Crippen molar-refractivity contribution in [3.05, 3.63) is 47.7 Å². The quantitative estimate of drug-likeness (QED) is 0.747. The minimum absolute atomic E-state index is 0.0270. The molecule has 0 spiro atoms. The summed E-state index contributed by atoms with van der Waals surface area (Å²) in [5.74, 6) is 0.508. The number of anilines is 1. The lowest BCUT2D eigenvalue weighted by Crippen LogP contribution is -2.17. The molecule has 0 saturated heterocycles. The molecule has 7 heteroatoms. The van der Waals surface area contributed by atoms with Crippen molar-refractivity contribution < 1.29 is 17.9 Å². The van der Waals surface area contributed by atoms with Crippen molar-refractivity contribution in [3.63, 3.8) is 0 Å². The van der Waals surface area contributed by atoms with Gasteiger partial charge in [0.1, 0.15) is 5.76 Å². The number of furan rings is 1. The Bertz CT molecular complexity index is 679. The molecule has 2 aromatic rings. The second kappa shape index (κ2) is 6.08. The maximum atomic E-state index is 11.5. The predicted octanol–water partition coefficient (Wildman–Crippen LogP) is 1.29. The molecule has 0 aliphatic carbocycles. The molecule has 0 aliphatic rings. The summed E-state index contributed by atoms with van der Waals surface area (Å²) in [5.41, 5.74) is 1.62. The molecule has 1 aromatic heterocycles. The Labute approximate surface area is 117 Å². The van der Waals surface area contributed by atoms with E-state index in [-0.39, 0.29) is 11.7 Å². The van der Waals surface area contributed by atoms with Crippen molar-refractivity contribution in [2.75, 3.05) is 12.4 Å². The number of hydrogen-bond acceptors (Lipinski definition) is 5. The maximum Gasteiger partial charge on any atom is 0.273 e. The van der Waals surface area contributed by atoms with E-state index in [1.165, 1.54) is 13.1 Å². The zero-order valence-corrected chi connectivity index (χ0v) is 11.8. The molecule has 0 aliphatic heterocycles. The van der Waals surface area contributed by atoms with E-state index >= 15 is 0 Å². The van der Waals surface area contributed by atoms with Crippen LogP contribution >= 0.6 is 0 Å². The fourth-order valence-corrected chi connectivity index (χ4v) is 2.33. The van der Waals surface area contributed by atoms with Gasteiger partial charge in [-0.3, -0.25) is 0 Å². The summed E-state index contributed by atoms with van der Waals surface area (Å²) in [7, 11) is -2.22. The fraction of sp³-hybridized carbons (Fsp3) is 0.231. The summed E-state index contributed by atoms with van der Waals surface area (Å²) in [4.78, 5) is 0. The summed E-state index contributed by atoms with van der Waals surface area (Å²) < 4.78 is 30.5. The summed E-state index contributed by atoms with van der Waals surface area (Å²) in [6.45, 7) is 0.328. The van der Waals surface area contributed by atoms with Crippen LogP contribution in [0, 0.1) is 0 Å². The Morgan fingerprint density at radius 2 is 2.05 bits per heavy atom. The molecule has 2 rings (SSSR count). The highest BCUT2D eigenvalue weighted by Crippen LogP contribution is 2.16. The van der Waals surface area contributed by atoms with E-state index in [9.17, 15) is 8.42 Å². The van der Waals surface area contributed by atoms with Gasteiger partial charge in [-0.15, -0.1) is 0 Å². The zero-order valence-electron chi connectivity index (χ0n) is 11.0. The number of aliphatic hydroxyl groups is 1. The van der Waals surface area contributed by atoms with Crippen molar-refractivity contribution >= 4 is 15.7 Å². The standard InChI is InChI=1S/C13H16N2O4S/c1-14-20(17,18)13-6-5-12(19-13)8-15-11-4-2-3-10(7-11)9-16/h2-7,14-16H,8-9H2,1H3. The normalized spacial score (nSPS) is 11.5. The van der Waals surface area contributed by atoms with Crippen molar-refractivity contribution in [1.29, 1.82) is 0 Å². The van der Waals surface area contributed by atoms with Crippen LogP contribution in [0.2, 0.25) is 0 Å². The zero-order chi connectivity index (χ0) is 14.6. The molecule has 0 fully saturated rings. The molecular weight excluding hydrogens is 280 g/mol. The third-order valence-corrected chi connectivity index (χ3v) is 4.03. The lowest BCUT2D eigenvalue weighted by Gasteiger charge is -2.05. The number of nitrogens with one attached hydrogen (secondary N) is 2. The van der Waals surface area contributed by atoms with E-state index in [4.69, 9.17) is 9.52 Å². The van der Waals surface area contributed by atoms with Gasteiger partial charge in [-0.1, -0.05) is 12.1 Å². The highest BCUT2D eigenvalue weighted by atomic mass is 32.2. The largest absolute Gasteiger partial charge is 0.446 e. The maximum absolute atomic E-state index is 11.5. The van der Waals surface area contributed by atoms with E-state index in [1.807, 2.05) is 24.3 Å². The van der Waals surface area contributed by atoms with Gasteiger partial charge in [0.05, 0.1) is 13.2 Å². The molecule has 0 unspecified atom stereocenters. The van der Waals surface area contributed by atoms with Crippen molar-refractivity contribution in [1.82, 2.24) is 4.72 Å². The van der Waals surface area contributed by atoms with Gasteiger partial charge in [0.25, 0.3) is 10.0 Å². The molecule has 6 nitrogen and oxygen atoms in total. The van der Waals surface area contributed by atoms with Gasteiger partial charge >= 0.3 is 0 Å². The van der Waals surface area contributed by atoms with Gasteiger partial charge in [-0.05, 0) is 36.9 Å². The summed E-state index contributed by atoms with van der Waals surface area (Å²) in [5, 5.41) is 12.0. The van der Waals surface area contributed by atoms with E-state index < -0.39 is 10.0 Å². The highest BCUT2D eigenvalue weighted by molar-refractivity contribution is 7.89. The lowest BCUT2D eigenvalue weighted by molar-refractivity contribution is 0.282. The van der Waals surface area contributed by atoms with E-state index in [0.29, 0.717) is 12.3 Å². The average Bonchev–Trinajstić information content (AvgIpc) is 2.95. The molecule has 1 aromatic carbocycles. The van der Waals surface area contributed by atoms with Gasteiger partial charge in [0.15, 0.2) is 0 Å². The van der Waals surface area contributed by atoms with E-state index in [0.717, 1.165) is 11.3 Å². The van der Waals surface area contributed by atoms with Crippen molar-refractivity contribution in [2.24, 2.45) is 0 Å². The van der Waals surface area contributed by atoms with Crippen LogP contribution in [0.1, 0.15) is 11.3 Å². The Morgan fingerprint density at radius 1 is 1.25 bits per heavy atom. The summed E-state index contributed by atoms with van der Waals surface area (Å²) in [6.07, 6.45) is 0. The molecular formula is C13H16N2O4S. The third-order valence-electron chi connectivity index (χ3n) is 2.75. The van der Waals surface area contributed by atoms with Crippen molar-refractivity contribution in [2.45, 2.75) is 18.2 Å². The number of sulfonamides is 1. The second-order valence-electron chi connectivity index (χ2n) is 4.14. The Kier molecular flexibility index (Phi) is 4.43. The van der Waals surface area contributed by atoms with Gasteiger partial charge in [-0.25, -0.2) is 13.1 Å². The van der Waals surface area contributed by atoms with Crippen LogP contribution in [0.3, 0.4) is 0 Å². The van der Waals surface area contributed by atoms with E-state index in [2.05, 4.69) is 10.0 Å². The molecule has 20 heavy (non-hydrogen) atoms. The molecule has 108 valence electrons. The van der Waals surface area contributed by atoms with Crippen LogP contribution in [0.4, 0.5) is 5.69 Å². The fourth-order valence-electron chi connectivity index (χ4n) is 1.67. The minimum Gasteiger partial charge on any atom is -0.446 e. The second-order valence-corrected chi connectivity index (χ2v) is 5.96. The molecule has 1 heterocycles. The van der Waals surface area contributed by atoms with Crippen LogP contribution < -0.4 is 10.0 Å². The SMILES string of the molecule is CNS(=O)(=O)c1ccc(CNc2cccc(CO)c2)o1. The third kappa shape index (κ3) is 3.38. The van der Waals surface area contributed by atoms with Gasteiger partial charge in [0.2, 0.25) is 5.09 Å². The molecule has 0 amide bonds. The van der Waals surface area contributed by atoms with Crippen LogP contribution in [-0.2, 0) is 23.2 Å². The summed E-state index contributed by atoms with van der Waals surface area (Å²) in [6, 6.07) is 10.3. The molecule has 0 saturated carbocycles. The minimum atomic E-state index is -3.55. The number of benzene rings is 1.